The smallest absolute Gasteiger partial charge is 0.308 e. The third kappa shape index (κ3) is 5.63. The van der Waals surface area contributed by atoms with Crippen LogP contribution in [-0.2, 0) is 9.53 Å². The molecule has 1 saturated carbocycles. The molecule has 2 atom stereocenters. The molecular formula is C24H27ClN4O4. The Labute approximate surface area is 197 Å². The predicted octanol–water partition coefficient (Wildman–Crippen LogP) is 5.38. The van der Waals surface area contributed by atoms with E-state index in [2.05, 4.69) is 20.4 Å². The number of halogens is 1. The fraction of sp³-hybridized carbons (Fsp3) is 0.417. The Morgan fingerprint density at radius 3 is 2.73 bits per heavy atom. The third-order valence-electron chi connectivity index (χ3n) is 5.39. The molecule has 0 unspecified atom stereocenters. The first-order chi connectivity index (χ1) is 15.9. The van der Waals surface area contributed by atoms with Crippen molar-refractivity contribution < 1.29 is 18.8 Å². The zero-order valence-corrected chi connectivity index (χ0v) is 19.6. The van der Waals surface area contributed by atoms with Gasteiger partial charge in [0.1, 0.15) is 5.02 Å². The van der Waals surface area contributed by atoms with Crippen LogP contribution in [-0.4, -0.2) is 39.8 Å². The van der Waals surface area contributed by atoms with Gasteiger partial charge in [-0.25, -0.2) is 4.98 Å². The summed E-state index contributed by atoms with van der Waals surface area (Å²) in [5.74, 6) is 1.05. The molecule has 0 radical (unpaired) electrons. The number of hydrogen-bond donors (Lipinski definition) is 1. The Morgan fingerprint density at radius 2 is 2.03 bits per heavy atom. The van der Waals surface area contributed by atoms with E-state index in [1.54, 1.807) is 12.3 Å². The normalized spacial score (nSPS) is 17.8. The number of anilines is 1. The number of nitrogens with zero attached hydrogens (tertiary/aromatic N) is 3. The van der Waals surface area contributed by atoms with Gasteiger partial charge in [-0.2, -0.15) is 4.98 Å². The van der Waals surface area contributed by atoms with Crippen LogP contribution in [0.3, 0.4) is 0 Å². The van der Waals surface area contributed by atoms with Crippen molar-refractivity contribution in [2.24, 2.45) is 5.92 Å². The number of carbonyl (C=O) groups is 1. The second-order valence-corrected chi connectivity index (χ2v) is 8.69. The molecule has 9 heteroatoms. The summed E-state index contributed by atoms with van der Waals surface area (Å²) in [6.07, 6.45) is 4.15. The molecule has 1 aromatic carbocycles. The van der Waals surface area contributed by atoms with Gasteiger partial charge in [0.25, 0.3) is 5.89 Å². The van der Waals surface area contributed by atoms with Crippen LogP contribution in [0.1, 0.15) is 40.0 Å². The summed E-state index contributed by atoms with van der Waals surface area (Å²) >= 11 is 6.27. The van der Waals surface area contributed by atoms with Gasteiger partial charge in [0.15, 0.2) is 0 Å². The van der Waals surface area contributed by atoms with Gasteiger partial charge in [-0.05, 0) is 70.4 Å². The van der Waals surface area contributed by atoms with Gasteiger partial charge < -0.3 is 19.3 Å². The predicted molar refractivity (Wildman–Crippen MR) is 125 cm³/mol. The monoisotopic (exact) mass is 470 g/mol. The van der Waals surface area contributed by atoms with Crippen molar-refractivity contribution in [2.75, 3.05) is 11.9 Å². The lowest BCUT2D eigenvalue weighted by Gasteiger charge is -2.14. The van der Waals surface area contributed by atoms with E-state index in [9.17, 15) is 4.79 Å². The zero-order valence-electron chi connectivity index (χ0n) is 18.9. The van der Waals surface area contributed by atoms with Crippen LogP contribution in [0, 0.1) is 5.92 Å². The van der Waals surface area contributed by atoms with Crippen LogP contribution in [0.25, 0.3) is 22.8 Å². The average Bonchev–Trinajstić information content (AvgIpc) is 3.46. The zero-order chi connectivity index (χ0) is 23.4. The molecule has 1 aliphatic rings. The number of carbonyl (C=O) groups excluding carboxylic acids is 1. The molecule has 1 N–H and O–H groups in total. The number of aromatic nitrogens is 3. The Bertz CT molecular complexity index is 1100. The second-order valence-electron chi connectivity index (χ2n) is 8.28. The van der Waals surface area contributed by atoms with Gasteiger partial charge in [0.2, 0.25) is 11.7 Å². The van der Waals surface area contributed by atoms with Crippen molar-refractivity contribution in [1.82, 2.24) is 15.1 Å². The summed E-state index contributed by atoms with van der Waals surface area (Å²) < 4.78 is 16.1. The van der Waals surface area contributed by atoms with Crippen LogP contribution >= 0.6 is 11.6 Å². The summed E-state index contributed by atoms with van der Waals surface area (Å²) in [7, 11) is 0. The van der Waals surface area contributed by atoms with Crippen LogP contribution in [0.15, 0.2) is 41.1 Å². The largest absolute Gasteiger partial charge is 0.474 e. The summed E-state index contributed by atoms with van der Waals surface area (Å²) in [6, 6.07) is 9.75. The van der Waals surface area contributed by atoms with Gasteiger partial charge in [-0.15, -0.1) is 0 Å². The van der Waals surface area contributed by atoms with Crippen molar-refractivity contribution in [1.29, 1.82) is 0 Å². The lowest BCUT2D eigenvalue weighted by molar-refractivity contribution is -0.147. The molecule has 1 aliphatic carbocycles. The van der Waals surface area contributed by atoms with Crippen molar-refractivity contribution in [3.63, 3.8) is 0 Å². The number of rotatable bonds is 8. The second kappa shape index (κ2) is 10.2. The van der Waals surface area contributed by atoms with Crippen molar-refractivity contribution >= 4 is 23.3 Å². The molecule has 33 heavy (non-hydrogen) atoms. The third-order valence-corrected chi connectivity index (χ3v) is 5.66. The van der Waals surface area contributed by atoms with Gasteiger partial charge in [0, 0.05) is 23.5 Å². The molecule has 1 fully saturated rings. The van der Waals surface area contributed by atoms with E-state index in [1.165, 1.54) is 0 Å². The van der Waals surface area contributed by atoms with Crippen molar-refractivity contribution in [2.45, 2.75) is 52.2 Å². The topological polar surface area (TPSA) is 99.4 Å². The van der Waals surface area contributed by atoms with Gasteiger partial charge in [0.05, 0.1) is 24.2 Å². The van der Waals surface area contributed by atoms with E-state index in [0.717, 1.165) is 30.5 Å². The molecule has 0 amide bonds. The number of ether oxygens (including phenoxy) is 2. The molecule has 0 aliphatic heterocycles. The number of pyridine rings is 1. The van der Waals surface area contributed by atoms with Gasteiger partial charge >= 0.3 is 5.97 Å². The maximum atomic E-state index is 11.9. The minimum Gasteiger partial charge on any atom is -0.474 e. The van der Waals surface area contributed by atoms with Crippen LogP contribution in [0.2, 0.25) is 5.02 Å². The molecule has 0 spiro atoms. The molecule has 0 saturated heterocycles. The van der Waals surface area contributed by atoms with E-state index in [-0.39, 0.29) is 24.0 Å². The summed E-state index contributed by atoms with van der Waals surface area (Å²) in [6.45, 7) is 6.07. The van der Waals surface area contributed by atoms with Crippen LogP contribution < -0.4 is 10.1 Å². The Hall–Kier alpha value is -3.13. The molecule has 8 nitrogen and oxygen atoms in total. The summed E-state index contributed by atoms with van der Waals surface area (Å²) in [5.41, 5.74) is 2.42. The highest BCUT2D eigenvalue weighted by Gasteiger charge is 2.30. The fourth-order valence-corrected chi connectivity index (χ4v) is 4.06. The van der Waals surface area contributed by atoms with E-state index in [1.807, 2.05) is 45.0 Å². The van der Waals surface area contributed by atoms with E-state index >= 15 is 0 Å². The first kappa shape index (κ1) is 23.0. The molecule has 3 aromatic rings. The summed E-state index contributed by atoms with van der Waals surface area (Å²) in [5, 5.41) is 7.96. The summed E-state index contributed by atoms with van der Waals surface area (Å²) in [4.78, 5) is 20.7. The molecule has 0 bridgehead atoms. The van der Waals surface area contributed by atoms with E-state index in [0.29, 0.717) is 34.8 Å². The highest BCUT2D eigenvalue weighted by Crippen LogP contribution is 2.31. The lowest BCUT2D eigenvalue weighted by atomic mass is 10.1. The molecular weight excluding hydrogens is 444 g/mol. The van der Waals surface area contributed by atoms with Crippen molar-refractivity contribution in [3.05, 3.63) is 41.6 Å². The van der Waals surface area contributed by atoms with E-state index < -0.39 is 0 Å². The Morgan fingerprint density at radius 1 is 1.24 bits per heavy atom. The number of hydrogen-bond acceptors (Lipinski definition) is 8. The fourth-order valence-electron chi connectivity index (χ4n) is 3.85. The number of esters is 1. The highest BCUT2D eigenvalue weighted by atomic mass is 35.5. The maximum absolute atomic E-state index is 11.9. The molecule has 174 valence electrons. The minimum absolute atomic E-state index is 0.0199. The van der Waals surface area contributed by atoms with E-state index in [4.69, 9.17) is 25.6 Å². The Balaban J connectivity index is 1.39. The molecule has 2 aromatic heterocycles. The average molecular weight is 471 g/mol. The standard InChI is InChI=1S/C24H27ClN4O4/c1-4-31-24(30)16-7-10-19(11-16)27-18-8-5-15(6-9-18)21-28-22(33-29-21)17-12-20(25)23(26-13-17)32-14(2)3/h5-6,8-9,12-14,16,19,27H,4,7,10-11H2,1-3H3/t16-,19+/m0/s1. The van der Waals surface area contributed by atoms with Crippen molar-refractivity contribution in [3.8, 4) is 28.7 Å². The maximum Gasteiger partial charge on any atom is 0.308 e. The molecule has 2 heterocycles. The number of nitrogens with one attached hydrogen (secondary N) is 1. The van der Waals surface area contributed by atoms with Gasteiger partial charge in [-0.3, -0.25) is 4.79 Å². The quantitative estimate of drug-likeness (QED) is 0.438. The SMILES string of the molecule is CCOC(=O)[C@H]1CC[C@@H](Nc2ccc(-c3noc(-c4cnc(OC(C)C)c(Cl)c4)n3)cc2)C1. The van der Waals surface area contributed by atoms with Crippen LogP contribution in [0.4, 0.5) is 5.69 Å². The van der Waals surface area contributed by atoms with Crippen LogP contribution in [0.5, 0.6) is 5.88 Å². The first-order valence-electron chi connectivity index (χ1n) is 11.1. The highest BCUT2D eigenvalue weighted by molar-refractivity contribution is 6.32. The molecule has 4 rings (SSSR count). The minimum atomic E-state index is -0.0939. The Kier molecular flexibility index (Phi) is 7.13. The van der Waals surface area contributed by atoms with Gasteiger partial charge in [-0.1, -0.05) is 16.8 Å². The lowest BCUT2D eigenvalue weighted by Crippen LogP contribution is -2.19. The first-order valence-corrected chi connectivity index (χ1v) is 11.5. The number of benzene rings is 1.